The fraction of sp³-hybridized carbons (Fsp3) is 0.114. The first-order chi connectivity index (χ1) is 21.6. The molecule has 5 aromatic rings. The molecule has 0 aliphatic heterocycles. The number of allylic oxidation sites excluding steroid dienone is 11. The van der Waals surface area contributed by atoms with Gasteiger partial charge < -0.3 is 8.83 Å². The van der Waals surface area contributed by atoms with Gasteiger partial charge in [-0.3, -0.25) is 9.97 Å². The van der Waals surface area contributed by atoms with E-state index in [1.54, 1.807) is 24.5 Å². The van der Waals surface area contributed by atoms with Crippen LogP contribution in [0.25, 0.3) is 45.3 Å². The van der Waals surface area contributed by atoms with E-state index >= 15 is 0 Å². The Kier molecular flexibility index (Phi) is 9.69. The van der Waals surface area contributed by atoms with Crippen LogP contribution in [0.1, 0.15) is 50.6 Å². The van der Waals surface area contributed by atoms with Crippen LogP contribution in [-0.4, -0.2) is 35.3 Å². The summed E-state index contributed by atoms with van der Waals surface area (Å²) in [4.78, 5) is 13.4. The minimum atomic E-state index is 0.299. The zero-order chi connectivity index (χ0) is 30.7. The number of nitrogens with zero attached hydrogens (tertiary/aromatic N) is 7. The van der Waals surface area contributed by atoms with Crippen molar-refractivity contribution >= 4 is 22.3 Å². The first kappa shape index (κ1) is 29.7. The summed E-state index contributed by atoms with van der Waals surface area (Å²) in [7, 11) is 0. The van der Waals surface area contributed by atoms with Gasteiger partial charge in [0.25, 0.3) is 5.89 Å². The Balaban J connectivity index is 1.36. The number of hydrogen-bond acceptors (Lipinski definition) is 9. The van der Waals surface area contributed by atoms with Gasteiger partial charge in [0.2, 0.25) is 17.7 Å². The van der Waals surface area contributed by atoms with Gasteiger partial charge in [-0.25, -0.2) is 4.98 Å². The molecule has 0 amide bonds. The smallest absolute Gasteiger partial charge is 0.266 e. The van der Waals surface area contributed by atoms with Crippen molar-refractivity contribution in [3.63, 3.8) is 0 Å². The predicted octanol–water partition coefficient (Wildman–Crippen LogP) is 8.10. The van der Waals surface area contributed by atoms with Crippen LogP contribution >= 0.6 is 0 Å². The van der Waals surface area contributed by atoms with E-state index in [-0.39, 0.29) is 0 Å². The zero-order valence-electron chi connectivity index (χ0n) is 24.8. The first-order valence-electron chi connectivity index (χ1n) is 14.1. The Bertz CT molecular complexity index is 1880. The molecule has 0 aliphatic rings. The fourth-order valence-electron chi connectivity index (χ4n) is 4.18. The summed E-state index contributed by atoms with van der Waals surface area (Å²) in [6.07, 6.45) is 17.5. The molecule has 0 aliphatic carbocycles. The van der Waals surface area contributed by atoms with E-state index in [9.17, 15) is 0 Å². The summed E-state index contributed by atoms with van der Waals surface area (Å²) in [6.45, 7) is 9.78. The normalized spacial score (nSPS) is 13.1. The molecule has 218 valence electrons. The summed E-state index contributed by atoms with van der Waals surface area (Å²) < 4.78 is 12.1. The second-order valence-electron chi connectivity index (χ2n) is 9.62. The van der Waals surface area contributed by atoms with Gasteiger partial charge in [0.15, 0.2) is 0 Å². The van der Waals surface area contributed by atoms with Crippen LogP contribution in [0.4, 0.5) is 0 Å². The van der Waals surface area contributed by atoms with Gasteiger partial charge in [0.1, 0.15) is 5.69 Å². The average Bonchev–Trinajstić information content (AvgIpc) is 3.76. The van der Waals surface area contributed by atoms with Gasteiger partial charge >= 0.3 is 0 Å². The van der Waals surface area contributed by atoms with E-state index in [0.717, 1.165) is 29.0 Å². The van der Waals surface area contributed by atoms with Crippen LogP contribution < -0.4 is 0 Å². The van der Waals surface area contributed by atoms with Gasteiger partial charge in [-0.2, -0.15) is 0 Å². The molecule has 0 saturated carbocycles. The van der Waals surface area contributed by atoms with E-state index < -0.39 is 0 Å². The summed E-state index contributed by atoms with van der Waals surface area (Å²) >= 11 is 0. The zero-order valence-corrected chi connectivity index (χ0v) is 24.8. The molecule has 44 heavy (non-hydrogen) atoms. The van der Waals surface area contributed by atoms with Crippen molar-refractivity contribution in [2.24, 2.45) is 0 Å². The van der Waals surface area contributed by atoms with E-state index in [2.05, 4.69) is 48.8 Å². The molecule has 0 atom stereocenters. The molecular formula is C35H31N7O2. The Morgan fingerprint density at radius 3 is 2.18 bits per heavy atom. The SMILES string of the molecule is C=C/C=C(\C=C(/C)c1nnc(-c2cccc(-c3ccccn3)n2)o1)c1nnc(C(/C=C\C=C(/C)c2ccccn2)=C/CC)o1. The highest BCUT2D eigenvalue weighted by atomic mass is 16.4. The lowest BCUT2D eigenvalue weighted by atomic mass is 10.1. The molecule has 5 aromatic heterocycles. The Morgan fingerprint density at radius 2 is 1.45 bits per heavy atom. The van der Waals surface area contributed by atoms with Crippen LogP contribution in [0.5, 0.6) is 0 Å². The molecule has 5 heterocycles. The highest BCUT2D eigenvalue weighted by Crippen LogP contribution is 2.26. The van der Waals surface area contributed by atoms with Crippen molar-refractivity contribution in [3.8, 4) is 23.0 Å². The second-order valence-corrected chi connectivity index (χ2v) is 9.62. The van der Waals surface area contributed by atoms with Crippen molar-refractivity contribution in [1.82, 2.24) is 35.3 Å². The summed E-state index contributed by atoms with van der Waals surface area (Å²) in [6, 6.07) is 17.1. The fourth-order valence-corrected chi connectivity index (χ4v) is 4.18. The number of pyridine rings is 3. The third kappa shape index (κ3) is 7.32. The van der Waals surface area contributed by atoms with Gasteiger partial charge in [-0.15, -0.1) is 20.4 Å². The van der Waals surface area contributed by atoms with Crippen molar-refractivity contribution < 1.29 is 8.83 Å². The van der Waals surface area contributed by atoms with Crippen LogP contribution in [0.15, 0.2) is 125 Å². The molecule has 5 rings (SSSR count). The maximum absolute atomic E-state index is 6.10. The molecule has 0 spiro atoms. The molecule has 0 aromatic carbocycles. The Morgan fingerprint density at radius 1 is 0.727 bits per heavy atom. The number of aromatic nitrogens is 7. The minimum absolute atomic E-state index is 0.299. The highest BCUT2D eigenvalue weighted by Gasteiger charge is 2.16. The lowest BCUT2D eigenvalue weighted by molar-refractivity contribution is 0.526. The van der Waals surface area contributed by atoms with Gasteiger partial charge in [0, 0.05) is 29.1 Å². The molecule has 0 N–H and O–H groups in total. The van der Waals surface area contributed by atoms with Crippen molar-refractivity contribution in [3.05, 3.63) is 139 Å². The number of hydrogen-bond donors (Lipinski definition) is 0. The van der Waals surface area contributed by atoms with Crippen LogP contribution in [0.3, 0.4) is 0 Å². The predicted molar refractivity (Wildman–Crippen MR) is 172 cm³/mol. The number of rotatable bonds is 11. The molecule has 0 saturated heterocycles. The first-order valence-corrected chi connectivity index (χ1v) is 14.1. The molecule has 0 bridgehead atoms. The molecule has 0 fully saturated rings. The average molecular weight is 582 g/mol. The topological polar surface area (TPSA) is 117 Å². The highest BCUT2D eigenvalue weighted by molar-refractivity contribution is 5.80. The standard InChI is InChI=1S/C35H31N7O2/c1-5-13-26(16-11-15-24(3)28-17-7-9-21-36-28)33-40-41-34(44-33)27(14-6-2)23-25(4)32-39-42-35(43-32)31-20-12-19-30(38-31)29-18-8-10-22-37-29/h6-23H,2,5H2,1,3-4H3/b16-11-,24-15+,25-23+,26-13+,27-14+. The molecule has 9 heteroatoms. The van der Waals surface area contributed by atoms with Crippen LogP contribution in [-0.2, 0) is 0 Å². The lowest BCUT2D eigenvalue weighted by Crippen LogP contribution is -1.89. The van der Waals surface area contributed by atoms with E-state index in [1.807, 2.05) is 98.8 Å². The summed E-state index contributed by atoms with van der Waals surface area (Å²) in [5, 5.41) is 17.1. The summed E-state index contributed by atoms with van der Waals surface area (Å²) in [5.41, 5.74) is 6.15. The largest absolute Gasteiger partial charge is 0.416 e. The van der Waals surface area contributed by atoms with Gasteiger partial charge in [-0.1, -0.05) is 62.1 Å². The van der Waals surface area contributed by atoms with Crippen molar-refractivity contribution in [2.45, 2.75) is 27.2 Å². The van der Waals surface area contributed by atoms with E-state index in [4.69, 9.17) is 8.83 Å². The van der Waals surface area contributed by atoms with E-state index in [0.29, 0.717) is 46.1 Å². The molecule has 0 radical (unpaired) electrons. The molecule has 0 unspecified atom stereocenters. The quantitative estimate of drug-likeness (QED) is 0.143. The van der Waals surface area contributed by atoms with Gasteiger partial charge in [0.05, 0.1) is 17.1 Å². The third-order valence-corrected chi connectivity index (χ3v) is 6.36. The third-order valence-electron chi connectivity index (χ3n) is 6.36. The maximum Gasteiger partial charge on any atom is 0.266 e. The Labute approximate surface area is 255 Å². The Hall–Kier alpha value is -5.83. The maximum atomic E-state index is 6.10. The van der Waals surface area contributed by atoms with Crippen molar-refractivity contribution in [1.29, 1.82) is 0 Å². The van der Waals surface area contributed by atoms with Crippen molar-refractivity contribution in [2.75, 3.05) is 0 Å². The van der Waals surface area contributed by atoms with Gasteiger partial charge in [-0.05, 0) is 74.4 Å². The molecule has 9 nitrogen and oxygen atoms in total. The lowest BCUT2D eigenvalue weighted by Gasteiger charge is -2.01. The van der Waals surface area contributed by atoms with Crippen LogP contribution in [0, 0.1) is 0 Å². The molecular weight excluding hydrogens is 550 g/mol. The van der Waals surface area contributed by atoms with Crippen LogP contribution in [0.2, 0.25) is 0 Å². The second kappa shape index (κ2) is 14.4. The summed E-state index contributed by atoms with van der Waals surface area (Å²) in [5.74, 6) is 1.37. The van der Waals surface area contributed by atoms with E-state index in [1.165, 1.54) is 0 Å². The minimum Gasteiger partial charge on any atom is -0.416 e. The monoisotopic (exact) mass is 581 g/mol.